The number of nitrogens with two attached hydrogens (primary N) is 1. The van der Waals surface area contributed by atoms with Crippen LogP contribution in [-0.4, -0.2) is 12.6 Å². The van der Waals surface area contributed by atoms with Gasteiger partial charge in [-0.1, -0.05) is 0 Å². The van der Waals surface area contributed by atoms with Gasteiger partial charge in [0.1, 0.15) is 5.75 Å². The first-order valence-electron chi connectivity index (χ1n) is 4.45. The van der Waals surface area contributed by atoms with Crippen LogP contribution in [0.1, 0.15) is 13.3 Å². The van der Waals surface area contributed by atoms with Crippen LogP contribution >= 0.6 is 0 Å². The van der Waals surface area contributed by atoms with Gasteiger partial charge < -0.3 is 10.5 Å². The predicted octanol–water partition coefficient (Wildman–Crippen LogP) is 2.08. The van der Waals surface area contributed by atoms with Crippen LogP contribution in [0.2, 0.25) is 0 Å². The minimum Gasteiger partial charge on any atom is -0.491 e. The van der Waals surface area contributed by atoms with Gasteiger partial charge in [0.25, 0.3) is 0 Å². The Bertz CT molecular complexity index is 304. The summed E-state index contributed by atoms with van der Waals surface area (Å²) in [5, 5.41) is 0. The van der Waals surface area contributed by atoms with Crippen LogP contribution in [0.5, 0.6) is 5.75 Å². The van der Waals surface area contributed by atoms with E-state index in [1.165, 1.54) is 6.07 Å². The summed E-state index contributed by atoms with van der Waals surface area (Å²) in [6.07, 6.45) is 0.587. The van der Waals surface area contributed by atoms with Gasteiger partial charge in [-0.3, -0.25) is 0 Å². The summed E-state index contributed by atoms with van der Waals surface area (Å²) in [6, 6.07) is 3.47. The normalized spacial score (nSPS) is 12.6. The standard InChI is InChI=1S/C10H13F2NO/c1-7(4-5-13)14-8-2-3-9(11)10(12)6-8/h2-3,6-7H,4-5,13H2,1H3. The van der Waals surface area contributed by atoms with Crippen LogP contribution in [0.4, 0.5) is 8.78 Å². The minimum absolute atomic E-state index is 0.0927. The fourth-order valence-electron chi connectivity index (χ4n) is 1.08. The van der Waals surface area contributed by atoms with Crippen molar-refractivity contribution in [2.45, 2.75) is 19.4 Å². The topological polar surface area (TPSA) is 35.2 Å². The van der Waals surface area contributed by atoms with Crippen LogP contribution in [0.25, 0.3) is 0 Å². The molecule has 78 valence electrons. The molecule has 0 saturated heterocycles. The highest BCUT2D eigenvalue weighted by molar-refractivity contribution is 5.23. The first-order chi connectivity index (χ1) is 6.63. The number of hydrogen-bond donors (Lipinski definition) is 1. The fraction of sp³-hybridized carbons (Fsp3) is 0.400. The second kappa shape index (κ2) is 4.91. The van der Waals surface area contributed by atoms with Crippen molar-refractivity contribution in [2.75, 3.05) is 6.54 Å². The van der Waals surface area contributed by atoms with Crippen LogP contribution in [0.3, 0.4) is 0 Å². The van der Waals surface area contributed by atoms with Crippen molar-refractivity contribution < 1.29 is 13.5 Å². The molecule has 0 saturated carbocycles. The lowest BCUT2D eigenvalue weighted by Gasteiger charge is -2.13. The molecular formula is C10H13F2NO. The number of ether oxygens (including phenoxy) is 1. The van der Waals surface area contributed by atoms with E-state index in [9.17, 15) is 8.78 Å². The highest BCUT2D eigenvalue weighted by Gasteiger charge is 2.06. The summed E-state index contributed by atoms with van der Waals surface area (Å²) >= 11 is 0. The minimum atomic E-state index is -0.901. The van der Waals surface area contributed by atoms with Crippen molar-refractivity contribution in [3.8, 4) is 5.75 Å². The maximum absolute atomic E-state index is 12.7. The zero-order chi connectivity index (χ0) is 10.6. The molecule has 1 rings (SSSR count). The Morgan fingerprint density at radius 1 is 1.36 bits per heavy atom. The lowest BCUT2D eigenvalue weighted by atomic mass is 10.2. The van der Waals surface area contributed by atoms with Gasteiger partial charge in [-0.2, -0.15) is 0 Å². The van der Waals surface area contributed by atoms with Gasteiger partial charge in [0.05, 0.1) is 6.10 Å². The van der Waals surface area contributed by atoms with Gasteiger partial charge in [-0.15, -0.1) is 0 Å². The van der Waals surface area contributed by atoms with Gasteiger partial charge in [0, 0.05) is 6.07 Å². The van der Waals surface area contributed by atoms with Crippen molar-refractivity contribution in [3.05, 3.63) is 29.8 Å². The number of hydrogen-bond acceptors (Lipinski definition) is 2. The first-order valence-corrected chi connectivity index (χ1v) is 4.45. The number of rotatable bonds is 4. The van der Waals surface area contributed by atoms with E-state index in [4.69, 9.17) is 10.5 Å². The molecule has 0 fully saturated rings. The summed E-state index contributed by atoms with van der Waals surface area (Å²) in [5.74, 6) is -1.45. The Morgan fingerprint density at radius 3 is 2.64 bits per heavy atom. The van der Waals surface area contributed by atoms with Crippen molar-refractivity contribution in [1.82, 2.24) is 0 Å². The third-order valence-corrected chi connectivity index (χ3v) is 1.80. The lowest BCUT2D eigenvalue weighted by molar-refractivity contribution is 0.212. The molecule has 0 spiro atoms. The fourth-order valence-corrected chi connectivity index (χ4v) is 1.08. The molecule has 0 heterocycles. The van der Waals surface area contributed by atoms with Crippen LogP contribution in [-0.2, 0) is 0 Å². The van der Waals surface area contributed by atoms with Crippen molar-refractivity contribution in [2.24, 2.45) is 5.73 Å². The quantitative estimate of drug-likeness (QED) is 0.809. The summed E-state index contributed by atoms with van der Waals surface area (Å²) in [6.45, 7) is 2.33. The van der Waals surface area contributed by atoms with E-state index in [-0.39, 0.29) is 6.10 Å². The van der Waals surface area contributed by atoms with Crippen molar-refractivity contribution >= 4 is 0 Å². The molecule has 0 aliphatic heterocycles. The van der Waals surface area contributed by atoms with Crippen LogP contribution in [0, 0.1) is 11.6 Å². The summed E-state index contributed by atoms with van der Waals surface area (Å²) in [4.78, 5) is 0. The van der Waals surface area contributed by atoms with E-state index < -0.39 is 11.6 Å². The van der Waals surface area contributed by atoms with E-state index >= 15 is 0 Å². The molecular weight excluding hydrogens is 188 g/mol. The molecule has 1 atom stereocenters. The van der Waals surface area contributed by atoms with Gasteiger partial charge in [-0.05, 0) is 32.0 Å². The Kier molecular flexibility index (Phi) is 3.83. The SMILES string of the molecule is CC(CCN)Oc1ccc(F)c(F)c1. The Labute approximate surface area is 81.7 Å². The van der Waals surface area contributed by atoms with E-state index in [1.807, 2.05) is 6.92 Å². The maximum Gasteiger partial charge on any atom is 0.162 e. The molecule has 0 radical (unpaired) electrons. The maximum atomic E-state index is 12.7. The van der Waals surface area contributed by atoms with Gasteiger partial charge in [0.15, 0.2) is 11.6 Å². The molecule has 1 aromatic rings. The third-order valence-electron chi connectivity index (χ3n) is 1.80. The van der Waals surface area contributed by atoms with Crippen LogP contribution < -0.4 is 10.5 Å². The molecule has 0 aromatic heterocycles. The third kappa shape index (κ3) is 2.96. The average Bonchev–Trinajstić information content (AvgIpc) is 2.12. The predicted molar refractivity (Wildman–Crippen MR) is 50.1 cm³/mol. The highest BCUT2D eigenvalue weighted by Crippen LogP contribution is 2.17. The van der Waals surface area contributed by atoms with Gasteiger partial charge in [0.2, 0.25) is 0 Å². The number of benzene rings is 1. The highest BCUT2D eigenvalue weighted by atomic mass is 19.2. The van der Waals surface area contributed by atoms with Gasteiger partial charge >= 0.3 is 0 Å². The second-order valence-corrected chi connectivity index (χ2v) is 3.08. The summed E-state index contributed by atoms with van der Waals surface area (Å²) in [7, 11) is 0. The van der Waals surface area contributed by atoms with E-state index in [0.29, 0.717) is 18.7 Å². The largest absolute Gasteiger partial charge is 0.491 e. The molecule has 0 bridgehead atoms. The average molecular weight is 201 g/mol. The number of halogens is 2. The molecule has 0 aliphatic carbocycles. The molecule has 0 amide bonds. The van der Waals surface area contributed by atoms with E-state index in [1.54, 1.807) is 0 Å². The van der Waals surface area contributed by atoms with E-state index in [2.05, 4.69) is 0 Å². The Morgan fingerprint density at radius 2 is 2.07 bits per heavy atom. The summed E-state index contributed by atoms with van der Waals surface area (Å²) < 4.78 is 30.6. The first kappa shape index (κ1) is 10.9. The molecule has 2 N–H and O–H groups in total. The Balaban J connectivity index is 2.63. The zero-order valence-corrected chi connectivity index (χ0v) is 7.97. The van der Waals surface area contributed by atoms with Crippen molar-refractivity contribution in [3.63, 3.8) is 0 Å². The smallest absolute Gasteiger partial charge is 0.162 e. The second-order valence-electron chi connectivity index (χ2n) is 3.08. The molecule has 14 heavy (non-hydrogen) atoms. The molecule has 4 heteroatoms. The molecule has 1 unspecified atom stereocenters. The zero-order valence-electron chi connectivity index (χ0n) is 7.97. The lowest BCUT2D eigenvalue weighted by Crippen LogP contribution is -2.16. The summed E-state index contributed by atoms with van der Waals surface area (Å²) in [5.41, 5.74) is 5.32. The molecule has 1 aromatic carbocycles. The Hall–Kier alpha value is -1.16. The van der Waals surface area contributed by atoms with Crippen molar-refractivity contribution in [1.29, 1.82) is 0 Å². The van der Waals surface area contributed by atoms with E-state index in [0.717, 1.165) is 12.1 Å². The van der Waals surface area contributed by atoms with Crippen LogP contribution in [0.15, 0.2) is 18.2 Å². The monoisotopic (exact) mass is 201 g/mol. The molecule has 0 aliphatic rings. The molecule has 2 nitrogen and oxygen atoms in total. The van der Waals surface area contributed by atoms with Gasteiger partial charge in [-0.25, -0.2) is 8.78 Å².